The molecule has 0 spiro atoms. The fourth-order valence-corrected chi connectivity index (χ4v) is 3.11. The Labute approximate surface area is 105 Å². The molecule has 1 aliphatic rings. The number of hydrogen-bond donors (Lipinski definition) is 2. The van der Waals surface area contributed by atoms with Gasteiger partial charge in [0.2, 0.25) is 0 Å². The number of aryl methyl sites for hydroxylation is 2. The Morgan fingerprint density at radius 2 is 2.35 bits per heavy atom. The number of rotatable bonds is 2. The van der Waals surface area contributed by atoms with Crippen molar-refractivity contribution in [2.75, 3.05) is 0 Å². The summed E-state index contributed by atoms with van der Waals surface area (Å²) in [5.41, 5.74) is 9.56. The Hall–Kier alpha value is -1.13. The van der Waals surface area contributed by atoms with Gasteiger partial charge >= 0.3 is 0 Å². The predicted octanol–water partition coefficient (Wildman–Crippen LogP) is 2.82. The van der Waals surface area contributed by atoms with Crippen molar-refractivity contribution in [2.45, 2.75) is 38.6 Å². The number of nitrogens with zero attached hydrogens (tertiary/aromatic N) is 1. The normalized spacial score (nSPS) is 17.4. The number of fused-ring (bicyclic) bond motifs is 3. The van der Waals surface area contributed by atoms with Gasteiger partial charge in [-0.05, 0) is 37.6 Å². The standard InChI is InChI=1S/C13H17N3S/c1-3-13(2,14)12-15-9-4-5-10-8(6-7-17-10)11(9)16-12/h6-7H,3-5,14H2,1-2H3,(H,15,16). The minimum atomic E-state index is -0.354. The molecule has 2 heterocycles. The molecule has 4 heteroatoms. The summed E-state index contributed by atoms with van der Waals surface area (Å²) in [4.78, 5) is 9.61. The van der Waals surface area contributed by atoms with Gasteiger partial charge in [-0.1, -0.05) is 6.92 Å². The van der Waals surface area contributed by atoms with Crippen molar-refractivity contribution in [3.05, 3.63) is 27.8 Å². The Morgan fingerprint density at radius 3 is 3.12 bits per heavy atom. The van der Waals surface area contributed by atoms with Gasteiger partial charge in [0.1, 0.15) is 5.82 Å². The summed E-state index contributed by atoms with van der Waals surface area (Å²) in [6, 6.07) is 2.17. The summed E-state index contributed by atoms with van der Waals surface area (Å²) in [6.07, 6.45) is 3.06. The number of imidazole rings is 1. The van der Waals surface area contributed by atoms with Crippen LogP contribution in [0.25, 0.3) is 11.3 Å². The van der Waals surface area contributed by atoms with Crippen LogP contribution in [0.3, 0.4) is 0 Å². The molecule has 0 fully saturated rings. The molecule has 0 saturated heterocycles. The largest absolute Gasteiger partial charge is 0.344 e. The molecular weight excluding hydrogens is 230 g/mol. The number of hydrogen-bond acceptors (Lipinski definition) is 3. The summed E-state index contributed by atoms with van der Waals surface area (Å²) in [6.45, 7) is 4.13. The Balaban J connectivity index is 2.11. The number of thiophene rings is 1. The van der Waals surface area contributed by atoms with E-state index in [1.807, 2.05) is 18.3 Å². The molecule has 3 rings (SSSR count). The number of H-pyrrole nitrogens is 1. The van der Waals surface area contributed by atoms with Crippen molar-refractivity contribution in [2.24, 2.45) is 5.73 Å². The number of nitrogens with two attached hydrogens (primary N) is 1. The third kappa shape index (κ3) is 1.63. The molecule has 17 heavy (non-hydrogen) atoms. The molecule has 1 aliphatic carbocycles. The molecule has 3 N–H and O–H groups in total. The lowest BCUT2D eigenvalue weighted by molar-refractivity contribution is 0.449. The van der Waals surface area contributed by atoms with E-state index in [1.165, 1.54) is 16.1 Å². The van der Waals surface area contributed by atoms with Crippen LogP contribution in [-0.2, 0) is 18.4 Å². The van der Waals surface area contributed by atoms with E-state index >= 15 is 0 Å². The van der Waals surface area contributed by atoms with Crippen molar-refractivity contribution in [1.82, 2.24) is 9.97 Å². The van der Waals surface area contributed by atoms with E-state index < -0.39 is 0 Å². The Morgan fingerprint density at radius 1 is 1.53 bits per heavy atom. The molecule has 0 amide bonds. The second-order valence-corrected chi connectivity index (χ2v) is 5.94. The van der Waals surface area contributed by atoms with Crippen molar-refractivity contribution in [3.63, 3.8) is 0 Å². The highest BCUT2D eigenvalue weighted by atomic mass is 32.1. The maximum atomic E-state index is 6.25. The Bertz CT molecular complexity index is 551. The number of aromatic nitrogens is 2. The summed E-state index contributed by atoms with van der Waals surface area (Å²) in [5.74, 6) is 0.920. The van der Waals surface area contributed by atoms with E-state index in [0.717, 1.165) is 30.8 Å². The first-order valence-electron chi connectivity index (χ1n) is 6.07. The summed E-state index contributed by atoms with van der Waals surface area (Å²) in [5, 5.41) is 2.15. The summed E-state index contributed by atoms with van der Waals surface area (Å²) >= 11 is 1.83. The van der Waals surface area contributed by atoms with Crippen LogP contribution in [0.2, 0.25) is 0 Å². The van der Waals surface area contributed by atoms with Gasteiger partial charge in [0.15, 0.2) is 0 Å². The Kier molecular flexibility index (Phi) is 2.38. The molecule has 0 saturated carbocycles. The van der Waals surface area contributed by atoms with Crippen LogP contribution in [0.15, 0.2) is 11.4 Å². The lowest BCUT2D eigenvalue weighted by Crippen LogP contribution is -2.33. The zero-order valence-electron chi connectivity index (χ0n) is 10.2. The average Bonchev–Trinajstić information content (AvgIpc) is 2.94. The molecule has 0 aliphatic heterocycles. The summed E-state index contributed by atoms with van der Waals surface area (Å²) < 4.78 is 0. The highest BCUT2D eigenvalue weighted by molar-refractivity contribution is 7.10. The monoisotopic (exact) mass is 247 g/mol. The van der Waals surface area contributed by atoms with Crippen LogP contribution in [0.4, 0.5) is 0 Å². The SMILES string of the molecule is CCC(C)(N)c1nc2c([nH]1)CCc1sccc1-2. The van der Waals surface area contributed by atoms with Crippen LogP contribution in [0.5, 0.6) is 0 Å². The lowest BCUT2D eigenvalue weighted by atomic mass is 10.00. The molecule has 1 unspecified atom stereocenters. The van der Waals surface area contributed by atoms with E-state index in [4.69, 9.17) is 10.7 Å². The molecule has 1 atom stereocenters. The molecule has 2 aromatic heterocycles. The van der Waals surface area contributed by atoms with E-state index in [2.05, 4.69) is 23.4 Å². The van der Waals surface area contributed by atoms with Crippen molar-refractivity contribution < 1.29 is 0 Å². The van der Waals surface area contributed by atoms with Crippen LogP contribution in [-0.4, -0.2) is 9.97 Å². The topological polar surface area (TPSA) is 54.7 Å². The van der Waals surface area contributed by atoms with E-state index in [-0.39, 0.29) is 5.54 Å². The zero-order valence-corrected chi connectivity index (χ0v) is 11.0. The highest BCUT2D eigenvalue weighted by Gasteiger charge is 2.27. The fraction of sp³-hybridized carbons (Fsp3) is 0.462. The average molecular weight is 247 g/mol. The van der Waals surface area contributed by atoms with Crippen LogP contribution in [0.1, 0.15) is 36.7 Å². The first kappa shape index (κ1) is 11.0. The van der Waals surface area contributed by atoms with Crippen LogP contribution in [0, 0.1) is 0 Å². The molecule has 3 nitrogen and oxygen atoms in total. The van der Waals surface area contributed by atoms with Gasteiger partial charge in [-0.15, -0.1) is 11.3 Å². The van der Waals surface area contributed by atoms with Gasteiger partial charge in [0, 0.05) is 16.1 Å². The minimum Gasteiger partial charge on any atom is -0.344 e. The van der Waals surface area contributed by atoms with E-state index in [9.17, 15) is 0 Å². The molecule has 2 aromatic rings. The minimum absolute atomic E-state index is 0.354. The van der Waals surface area contributed by atoms with Crippen molar-refractivity contribution in [1.29, 1.82) is 0 Å². The van der Waals surface area contributed by atoms with Gasteiger partial charge in [-0.3, -0.25) is 0 Å². The zero-order chi connectivity index (χ0) is 12.0. The smallest absolute Gasteiger partial charge is 0.126 e. The first-order chi connectivity index (χ1) is 8.12. The van der Waals surface area contributed by atoms with Gasteiger partial charge in [0.25, 0.3) is 0 Å². The van der Waals surface area contributed by atoms with Crippen LogP contribution < -0.4 is 5.73 Å². The second kappa shape index (κ2) is 3.68. The number of nitrogens with one attached hydrogen (secondary N) is 1. The number of aromatic amines is 1. The van der Waals surface area contributed by atoms with Crippen LogP contribution >= 0.6 is 11.3 Å². The maximum Gasteiger partial charge on any atom is 0.126 e. The predicted molar refractivity (Wildman–Crippen MR) is 71.1 cm³/mol. The molecule has 0 radical (unpaired) electrons. The third-order valence-electron chi connectivity index (χ3n) is 3.66. The molecule has 90 valence electrons. The molecular formula is C13H17N3S. The quantitative estimate of drug-likeness (QED) is 0.857. The molecule has 0 bridgehead atoms. The maximum absolute atomic E-state index is 6.25. The third-order valence-corrected chi connectivity index (χ3v) is 4.64. The molecule has 0 aromatic carbocycles. The lowest BCUT2D eigenvalue weighted by Gasteiger charge is -2.19. The van der Waals surface area contributed by atoms with Gasteiger partial charge < -0.3 is 10.7 Å². The second-order valence-electron chi connectivity index (χ2n) is 4.94. The van der Waals surface area contributed by atoms with Gasteiger partial charge in [-0.25, -0.2) is 4.98 Å². The fourth-order valence-electron chi connectivity index (χ4n) is 2.23. The van der Waals surface area contributed by atoms with Crippen molar-refractivity contribution >= 4 is 11.3 Å². The van der Waals surface area contributed by atoms with Gasteiger partial charge in [-0.2, -0.15) is 0 Å². The highest BCUT2D eigenvalue weighted by Crippen LogP contribution is 2.36. The first-order valence-corrected chi connectivity index (χ1v) is 6.95. The van der Waals surface area contributed by atoms with Gasteiger partial charge in [0.05, 0.1) is 11.2 Å². The summed E-state index contributed by atoms with van der Waals surface area (Å²) in [7, 11) is 0. The van der Waals surface area contributed by atoms with Crippen molar-refractivity contribution in [3.8, 4) is 11.3 Å². The van der Waals surface area contributed by atoms with E-state index in [0.29, 0.717) is 0 Å². The van der Waals surface area contributed by atoms with E-state index in [1.54, 1.807) is 0 Å².